The Kier molecular flexibility index (Phi) is 4.72. The summed E-state index contributed by atoms with van der Waals surface area (Å²) >= 11 is 0. The van der Waals surface area contributed by atoms with Gasteiger partial charge in [0.25, 0.3) is 0 Å². The number of benzene rings is 1. The first-order valence-electron chi connectivity index (χ1n) is 6.62. The summed E-state index contributed by atoms with van der Waals surface area (Å²) in [6, 6.07) is 1.89. The topological polar surface area (TPSA) is 47.8 Å². The third-order valence-electron chi connectivity index (χ3n) is 3.14. The van der Waals surface area contributed by atoms with Gasteiger partial charge in [0.1, 0.15) is 5.69 Å². The van der Waals surface area contributed by atoms with Gasteiger partial charge in [0, 0.05) is 12.1 Å². The molecule has 0 aliphatic heterocycles. The molecule has 0 atom stereocenters. The molecule has 2 aromatic rings. The lowest BCUT2D eigenvalue weighted by molar-refractivity contribution is 0.111. The Balaban J connectivity index is 2.49. The lowest BCUT2D eigenvalue weighted by Crippen LogP contribution is -2.05. The number of unbranched alkanes of at least 4 members (excludes halogenated alkanes) is 2. The van der Waals surface area contributed by atoms with E-state index < -0.39 is 17.5 Å². The lowest BCUT2D eigenvalue weighted by atomic mass is 10.1. The van der Waals surface area contributed by atoms with E-state index in [9.17, 15) is 18.0 Å². The SMILES string of the molecule is CCCCCn1nnc(C=O)c1-c1ccc(F)c(F)c1F. The highest BCUT2D eigenvalue weighted by atomic mass is 19.2. The maximum Gasteiger partial charge on any atom is 0.195 e. The Hall–Kier alpha value is -2.18. The highest BCUT2D eigenvalue weighted by Gasteiger charge is 2.21. The Morgan fingerprint density at radius 3 is 2.62 bits per heavy atom. The first kappa shape index (κ1) is 15.2. The molecule has 1 aromatic heterocycles. The number of aldehydes is 1. The summed E-state index contributed by atoms with van der Waals surface area (Å²) in [5.74, 6) is -4.21. The van der Waals surface area contributed by atoms with Gasteiger partial charge in [-0.1, -0.05) is 25.0 Å². The fourth-order valence-corrected chi connectivity index (χ4v) is 2.06. The molecule has 0 aliphatic carbocycles. The van der Waals surface area contributed by atoms with Crippen molar-refractivity contribution in [1.29, 1.82) is 0 Å². The van der Waals surface area contributed by atoms with Gasteiger partial charge in [0.2, 0.25) is 0 Å². The molecular weight excluding hydrogens is 283 g/mol. The Morgan fingerprint density at radius 1 is 1.19 bits per heavy atom. The summed E-state index contributed by atoms with van der Waals surface area (Å²) < 4.78 is 41.6. The molecule has 1 aromatic carbocycles. The summed E-state index contributed by atoms with van der Waals surface area (Å²) in [6.45, 7) is 2.44. The van der Waals surface area contributed by atoms with Crippen LogP contribution in [-0.2, 0) is 6.54 Å². The molecule has 0 spiro atoms. The van der Waals surface area contributed by atoms with Crippen LogP contribution in [-0.4, -0.2) is 21.3 Å². The second kappa shape index (κ2) is 6.51. The maximum atomic E-state index is 13.9. The third kappa shape index (κ3) is 2.96. The van der Waals surface area contributed by atoms with Crippen molar-refractivity contribution in [3.63, 3.8) is 0 Å². The van der Waals surface area contributed by atoms with Crippen molar-refractivity contribution < 1.29 is 18.0 Å². The van der Waals surface area contributed by atoms with Crippen molar-refractivity contribution in [2.45, 2.75) is 32.7 Å². The lowest BCUT2D eigenvalue weighted by Gasteiger charge is -2.08. The van der Waals surface area contributed by atoms with Crippen molar-refractivity contribution in [3.05, 3.63) is 35.3 Å². The van der Waals surface area contributed by atoms with Gasteiger partial charge in [-0.2, -0.15) is 0 Å². The van der Waals surface area contributed by atoms with Crippen LogP contribution in [0.3, 0.4) is 0 Å². The molecule has 0 saturated heterocycles. The van der Waals surface area contributed by atoms with Gasteiger partial charge in [-0.15, -0.1) is 5.10 Å². The van der Waals surface area contributed by atoms with E-state index in [2.05, 4.69) is 10.3 Å². The van der Waals surface area contributed by atoms with Crippen LogP contribution in [0, 0.1) is 17.5 Å². The van der Waals surface area contributed by atoms with E-state index in [1.807, 2.05) is 6.92 Å². The third-order valence-corrected chi connectivity index (χ3v) is 3.14. The molecule has 0 radical (unpaired) electrons. The number of nitrogens with zero attached hydrogens (tertiary/aromatic N) is 3. The molecule has 7 heteroatoms. The number of rotatable bonds is 6. The fraction of sp³-hybridized carbons (Fsp3) is 0.357. The molecule has 0 saturated carbocycles. The van der Waals surface area contributed by atoms with Crippen molar-refractivity contribution in [2.24, 2.45) is 0 Å². The Labute approximate surface area is 119 Å². The summed E-state index contributed by atoms with van der Waals surface area (Å²) in [6.07, 6.45) is 3.08. The van der Waals surface area contributed by atoms with E-state index in [1.54, 1.807) is 0 Å². The molecule has 0 amide bonds. The molecule has 21 heavy (non-hydrogen) atoms. The number of aryl methyl sites for hydroxylation is 1. The number of halogens is 3. The molecule has 2 rings (SSSR count). The smallest absolute Gasteiger partial charge is 0.195 e. The van der Waals surface area contributed by atoms with E-state index >= 15 is 0 Å². The van der Waals surface area contributed by atoms with E-state index in [0.29, 0.717) is 12.8 Å². The number of hydrogen-bond donors (Lipinski definition) is 0. The Bertz CT molecular complexity index is 655. The average molecular weight is 297 g/mol. The highest BCUT2D eigenvalue weighted by Crippen LogP contribution is 2.27. The van der Waals surface area contributed by atoms with Gasteiger partial charge in [0.15, 0.2) is 29.4 Å². The van der Waals surface area contributed by atoms with Crippen LogP contribution in [0.2, 0.25) is 0 Å². The first-order chi connectivity index (χ1) is 10.1. The zero-order valence-electron chi connectivity index (χ0n) is 11.4. The largest absolute Gasteiger partial charge is 0.296 e. The summed E-state index contributed by atoms with van der Waals surface area (Å²) in [7, 11) is 0. The van der Waals surface area contributed by atoms with Crippen LogP contribution >= 0.6 is 0 Å². The second-order valence-corrected chi connectivity index (χ2v) is 4.59. The molecule has 112 valence electrons. The zero-order chi connectivity index (χ0) is 15.4. The van der Waals surface area contributed by atoms with Crippen molar-refractivity contribution in [1.82, 2.24) is 15.0 Å². The zero-order valence-corrected chi connectivity index (χ0v) is 11.4. The van der Waals surface area contributed by atoms with E-state index in [-0.39, 0.29) is 17.0 Å². The van der Waals surface area contributed by atoms with Crippen LogP contribution in [0.4, 0.5) is 13.2 Å². The average Bonchev–Trinajstić information content (AvgIpc) is 2.88. The maximum absolute atomic E-state index is 13.9. The fourth-order valence-electron chi connectivity index (χ4n) is 2.06. The highest BCUT2D eigenvalue weighted by molar-refractivity contribution is 5.83. The number of carbonyl (C=O) groups is 1. The molecule has 0 unspecified atom stereocenters. The minimum atomic E-state index is -1.58. The van der Waals surface area contributed by atoms with Gasteiger partial charge >= 0.3 is 0 Å². The summed E-state index contributed by atoms with van der Waals surface area (Å²) in [5.41, 5.74) is -0.258. The normalized spacial score (nSPS) is 10.9. The van der Waals surface area contributed by atoms with Gasteiger partial charge in [0.05, 0.1) is 0 Å². The molecule has 0 bridgehead atoms. The summed E-state index contributed by atoms with van der Waals surface area (Å²) in [4.78, 5) is 11.0. The second-order valence-electron chi connectivity index (χ2n) is 4.59. The minimum absolute atomic E-state index is 0.0671. The minimum Gasteiger partial charge on any atom is -0.296 e. The number of hydrogen-bond acceptors (Lipinski definition) is 3. The predicted octanol–water partition coefficient (Wildman–Crippen LogP) is 3.37. The number of carbonyl (C=O) groups excluding carboxylic acids is 1. The Morgan fingerprint density at radius 2 is 1.95 bits per heavy atom. The van der Waals surface area contributed by atoms with Crippen LogP contribution in [0.1, 0.15) is 36.7 Å². The van der Waals surface area contributed by atoms with Crippen LogP contribution < -0.4 is 0 Å². The quantitative estimate of drug-likeness (QED) is 0.466. The molecular formula is C14H14F3N3O. The standard InChI is InChI=1S/C14H14F3N3O/c1-2-3-4-7-20-14(11(8-21)18-19-20)9-5-6-10(15)13(17)12(9)16/h5-6,8H,2-4,7H2,1H3. The van der Waals surface area contributed by atoms with Crippen LogP contribution in [0.25, 0.3) is 11.3 Å². The monoisotopic (exact) mass is 297 g/mol. The van der Waals surface area contributed by atoms with Gasteiger partial charge in [-0.25, -0.2) is 17.9 Å². The molecule has 1 heterocycles. The van der Waals surface area contributed by atoms with Crippen molar-refractivity contribution in [2.75, 3.05) is 0 Å². The molecule has 0 fully saturated rings. The van der Waals surface area contributed by atoms with E-state index in [0.717, 1.165) is 31.4 Å². The van der Waals surface area contributed by atoms with Gasteiger partial charge in [-0.05, 0) is 18.6 Å². The molecule has 0 N–H and O–H groups in total. The van der Waals surface area contributed by atoms with Crippen LogP contribution in [0.15, 0.2) is 12.1 Å². The molecule has 4 nitrogen and oxygen atoms in total. The van der Waals surface area contributed by atoms with E-state index in [4.69, 9.17) is 0 Å². The van der Waals surface area contributed by atoms with Gasteiger partial charge < -0.3 is 0 Å². The number of aromatic nitrogens is 3. The summed E-state index contributed by atoms with van der Waals surface area (Å²) in [5, 5.41) is 7.43. The first-order valence-corrected chi connectivity index (χ1v) is 6.62. The van der Waals surface area contributed by atoms with Crippen molar-refractivity contribution >= 4 is 6.29 Å². The van der Waals surface area contributed by atoms with Crippen LogP contribution in [0.5, 0.6) is 0 Å². The molecule has 0 aliphatic rings. The van der Waals surface area contributed by atoms with Crippen molar-refractivity contribution in [3.8, 4) is 11.3 Å². The predicted molar refractivity (Wildman–Crippen MR) is 70.2 cm³/mol. The van der Waals surface area contributed by atoms with E-state index in [1.165, 1.54) is 4.68 Å². The van der Waals surface area contributed by atoms with Gasteiger partial charge in [-0.3, -0.25) is 4.79 Å².